The molecule has 0 unspecified atom stereocenters. The Labute approximate surface area is 76.7 Å². The Morgan fingerprint density at radius 1 is 1.50 bits per heavy atom. The number of hydrogen-bond acceptors (Lipinski definition) is 2. The summed E-state index contributed by atoms with van der Waals surface area (Å²) in [5, 5.41) is 0.310. The molecule has 1 aromatic heterocycles. The molecule has 1 aromatic rings. The van der Waals surface area contributed by atoms with Gasteiger partial charge in [0.15, 0.2) is 10.1 Å². The van der Waals surface area contributed by atoms with Crippen LogP contribution in [0.15, 0.2) is 6.20 Å². The first-order chi connectivity index (χ1) is 5.47. The van der Waals surface area contributed by atoms with E-state index in [0.29, 0.717) is 5.01 Å². The van der Waals surface area contributed by atoms with Gasteiger partial charge in [-0.15, -0.1) is 5.54 Å². The molecule has 64 valence electrons. The molecule has 0 aliphatic heterocycles. The molecule has 0 radical (unpaired) electrons. The van der Waals surface area contributed by atoms with E-state index < -0.39 is 8.07 Å². The molecule has 0 N–H and O–H groups in total. The van der Waals surface area contributed by atoms with E-state index in [9.17, 15) is 4.39 Å². The molecule has 0 aliphatic carbocycles. The van der Waals surface area contributed by atoms with Gasteiger partial charge in [0.1, 0.15) is 8.07 Å². The topological polar surface area (TPSA) is 12.9 Å². The van der Waals surface area contributed by atoms with Gasteiger partial charge in [-0.2, -0.15) is 4.39 Å². The maximum Gasteiger partial charge on any atom is 0.197 e. The van der Waals surface area contributed by atoms with E-state index >= 15 is 0 Å². The standard InChI is InChI=1S/C8H10FNSSi/c1-12(2,3)5-4-8-10-6-7(9)11-8/h6H,1-3H3. The van der Waals surface area contributed by atoms with Crippen molar-refractivity contribution in [2.24, 2.45) is 0 Å². The van der Waals surface area contributed by atoms with Gasteiger partial charge in [-0.1, -0.05) is 31.0 Å². The fraction of sp³-hybridized carbons (Fsp3) is 0.375. The Balaban J connectivity index is 2.80. The van der Waals surface area contributed by atoms with Gasteiger partial charge in [-0.05, 0) is 5.92 Å². The highest BCUT2D eigenvalue weighted by molar-refractivity contribution is 7.10. The van der Waals surface area contributed by atoms with Crippen LogP contribution < -0.4 is 0 Å². The number of rotatable bonds is 0. The van der Waals surface area contributed by atoms with Crippen LogP contribution in [0.5, 0.6) is 0 Å². The summed E-state index contributed by atoms with van der Waals surface area (Å²) in [4.78, 5) is 3.81. The molecule has 1 rings (SSSR count). The molecule has 0 spiro atoms. The highest BCUT2D eigenvalue weighted by Gasteiger charge is 2.07. The van der Waals surface area contributed by atoms with Crippen LogP contribution in [0.1, 0.15) is 5.01 Å². The molecule has 0 atom stereocenters. The van der Waals surface area contributed by atoms with E-state index in [1.807, 2.05) is 0 Å². The van der Waals surface area contributed by atoms with E-state index in [4.69, 9.17) is 0 Å². The summed E-state index contributed by atoms with van der Waals surface area (Å²) < 4.78 is 12.4. The summed E-state index contributed by atoms with van der Waals surface area (Å²) in [5.41, 5.74) is 3.12. The predicted molar refractivity (Wildman–Crippen MR) is 52.3 cm³/mol. The molecule has 1 heterocycles. The van der Waals surface area contributed by atoms with Gasteiger partial charge in [0, 0.05) is 0 Å². The number of aromatic nitrogens is 1. The predicted octanol–water partition coefficient (Wildman–Crippen LogP) is 2.51. The van der Waals surface area contributed by atoms with Crippen molar-refractivity contribution in [1.82, 2.24) is 4.98 Å². The summed E-state index contributed by atoms with van der Waals surface area (Å²) >= 11 is 0.999. The molecular formula is C8H10FNSSi. The van der Waals surface area contributed by atoms with Gasteiger partial charge in [-0.25, -0.2) is 4.98 Å². The van der Waals surface area contributed by atoms with Crippen molar-refractivity contribution in [2.45, 2.75) is 19.6 Å². The first-order valence-electron chi connectivity index (χ1n) is 3.62. The van der Waals surface area contributed by atoms with Crippen molar-refractivity contribution < 1.29 is 4.39 Å². The van der Waals surface area contributed by atoms with Crippen molar-refractivity contribution in [3.05, 3.63) is 16.3 Å². The Bertz CT molecular complexity index is 329. The monoisotopic (exact) mass is 199 g/mol. The zero-order valence-corrected chi connectivity index (χ0v) is 9.13. The van der Waals surface area contributed by atoms with Crippen molar-refractivity contribution in [3.8, 4) is 11.5 Å². The van der Waals surface area contributed by atoms with Crippen molar-refractivity contribution in [1.29, 1.82) is 0 Å². The molecule has 0 aromatic carbocycles. The summed E-state index contributed by atoms with van der Waals surface area (Å²) in [7, 11) is -1.35. The second kappa shape index (κ2) is 3.38. The summed E-state index contributed by atoms with van der Waals surface area (Å²) in [6.45, 7) is 6.43. The number of nitrogens with zero attached hydrogens (tertiary/aromatic N) is 1. The lowest BCUT2D eigenvalue weighted by molar-refractivity contribution is 0.653. The Hall–Kier alpha value is -0.663. The minimum absolute atomic E-state index is 0.269. The highest BCUT2D eigenvalue weighted by Crippen LogP contribution is 2.09. The third kappa shape index (κ3) is 3.16. The number of hydrogen-bond donors (Lipinski definition) is 0. The molecule has 0 saturated heterocycles. The van der Waals surface area contributed by atoms with E-state index in [-0.39, 0.29) is 5.13 Å². The largest absolute Gasteiger partial charge is 0.233 e. The summed E-state index contributed by atoms with van der Waals surface area (Å²) in [5.74, 6) is 2.88. The lowest BCUT2D eigenvalue weighted by Crippen LogP contribution is -2.16. The fourth-order valence-corrected chi connectivity index (χ4v) is 1.63. The lowest BCUT2D eigenvalue weighted by Gasteiger charge is -2.02. The molecule has 0 saturated carbocycles. The molecule has 1 nitrogen and oxygen atoms in total. The minimum atomic E-state index is -1.35. The highest BCUT2D eigenvalue weighted by atomic mass is 32.1. The van der Waals surface area contributed by atoms with Gasteiger partial charge in [-0.3, -0.25) is 0 Å². The Kier molecular flexibility index (Phi) is 2.65. The third-order valence-corrected chi connectivity index (χ3v) is 2.60. The van der Waals surface area contributed by atoms with Gasteiger partial charge in [0.25, 0.3) is 0 Å². The first-order valence-corrected chi connectivity index (χ1v) is 7.93. The van der Waals surface area contributed by atoms with E-state index in [1.54, 1.807) is 0 Å². The van der Waals surface area contributed by atoms with Gasteiger partial charge >= 0.3 is 0 Å². The van der Waals surface area contributed by atoms with Crippen molar-refractivity contribution >= 4 is 19.4 Å². The maximum atomic E-state index is 12.4. The van der Waals surface area contributed by atoms with E-state index in [1.165, 1.54) is 6.20 Å². The quantitative estimate of drug-likeness (QED) is 0.462. The summed E-state index contributed by atoms with van der Waals surface area (Å²) in [6, 6.07) is 0. The molecule has 4 heteroatoms. The average molecular weight is 199 g/mol. The molecule has 0 bridgehead atoms. The van der Waals surface area contributed by atoms with Crippen LogP contribution in [0.3, 0.4) is 0 Å². The van der Waals surface area contributed by atoms with Gasteiger partial charge in [0.2, 0.25) is 0 Å². The minimum Gasteiger partial charge on any atom is -0.233 e. The van der Waals surface area contributed by atoms with Crippen LogP contribution in [0.2, 0.25) is 19.6 Å². The van der Waals surface area contributed by atoms with E-state index in [2.05, 4.69) is 36.1 Å². The second-order valence-electron chi connectivity index (χ2n) is 3.47. The zero-order valence-electron chi connectivity index (χ0n) is 7.31. The SMILES string of the molecule is C[Si](C)(C)C#Cc1ncc(F)s1. The Morgan fingerprint density at radius 3 is 2.58 bits per heavy atom. The van der Waals surface area contributed by atoms with Crippen LogP contribution in [-0.4, -0.2) is 13.1 Å². The Morgan fingerprint density at radius 2 is 2.17 bits per heavy atom. The molecule has 0 aliphatic rings. The number of thiazole rings is 1. The maximum absolute atomic E-state index is 12.4. The van der Waals surface area contributed by atoms with Crippen molar-refractivity contribution in [2.75, 3.05) is 0 Å². The zero-order chi connectivity index (χ0) is 9.19. The van der Waals surface area contributed by atoms with Gasteiger partial charge in [0.05, 0.1) is 6.20 Å². The van der Waals surface area contributed by atoms with Crippen LogP contribution in [0.25, 0.3) is 0 Å². The van der Waals surface area contributed by atoms with E-state index in [0.717, 1.165) is 11.3 Å². The van der Waals surface area contributed by atoms with Crippen LogP contribution in [0, 0.1) is 16.6 Å². The first kappa shape index (κ1) is 9.43. The molecule has 0 fully saturated rings. The van der Waals surface area contributed by atoms with Gasteiger partial charge < -0.3 is 0 Å². The lowest BCUT2D eigenvalue weighted by atomic mass is 10.7. The van der Waals surface area contributed by atoms with Crippen LogP contribution >= 0.6 is 11.3 Å². The molecular weight excluding hydrogens is 189 g/mol. The van der Waals surface area contributed by atoms with Crippen molar-refractivity contribution in [3.63, 3.8) is 0 Å². The average Bonchev–Trinajstić information content (AvgIpc) is 2.30. The normalized spacial score (nSPS) is 10.7. The fourth-order valence-electron chi connectivity index (χ4n) is 0.553. The smallest absolute Gasteiger partial charge is 0.197 e. The second-order valence-corrected chi connectivity index (χ2v) is 9.20. The molecule has 12 heavy (non-hydrogen) atoms. The van der Waals surface area contributed by atoms with Crippen LogP contribution in [-0.2, 0) is 0 Å². The summed E-state index contributed by atoms with van der Waals surface area (Å²) in [6.07, 6.45) is 1.21. The number of halogens is 1. The molecule has 0 amide bonds. The third-order valence-electron chi connectivity index (χ3n) is 1.02. The van der Waals surface area contributed by atoms with Crippen LogP contribution in [0.4, 0.5) is 4.39 Å².